The lowest BCUT2D eigenvalue weighted by Crippen LogP contribution is -1.79. The summed E-state index contributed by atoms with van der Waals surface area (Å²) in [6, 6.07) is 18.1. The van der Waals surface area contributed by atoms with E-state index in [1.165, 1.54) is 51.1 Å². The molecule has 20 heavy (non-hydrogen) atoms. The first kappa shape index (κ1) is 9.92. The molecule has 0 saturated heterocycles. The van der Waals surface area contributed by atoms with Crippen LogP contribution in [0.4, 0.5) is 0 Å². The molecule has 0 nitrogen and oxygen atoms in total. The maximum Gasteiger partial charge on any atom is 0.0362 e. The highest BCUT2D eigenvalue weighted by atomic mass is 32.1. The zero-order valence-corrected chi connectivity index (χ0v) is 12.1. The molecule has 92 valence electrons. The first-order valence-corrected chi connectivity index (χ1v) is 8.35. The molecular formula is C18H8S2. The van der Waals surface area contributed by atoms with E-state index >= 15 is 0 Å². The summed E-state index contributed by atoms with van der Waals surface area (Å²) in [6.45, 7) is 0. The van der Waals surface area contributed by atoms with E-state index in [9.17, 15) is 0 Å². The number of benzene rings is 4. The van der Waals surface area contributed by atoms with Crippen LogP contribution in [0.1, 0.15) is 0 Å². The smallest absolute Gasteiger partial charge is 0.0362 e. The second kappa shape index (κ2) is 3.05. The molecule has 0 atom stereocenters. The molecular weight excluding hydrogens is 280 g/mol. The van der Waals surface area contributed by atoms with Crippen molar-refractivity contribution in [1.29, 1.82) is 0 Å². The standard InChI is InChI=1S/C18H8S2/c1-3-9-10-4-2-6-12-16(10)18-14(20-12)8-7-13-17(18)15(9)11(5-1)19-13/h1-8H. The third-order valence-electron chi connectivity index (χ3n) is 4.41. The van der Waals surface area contributed by atoms with Gasteiger partial charge in [0.25, 0.3) is 0 Å². The molecule has 0 amide bonds. The fraction of sp³-hybridized carbons (Fsp3) is 0. The topological polar surface area (TPSA) is 0 Å². The average molecular weight is 288 g/mol. The molecule has 6 rings (SSSR count). The van der Waals surface area contributed by atoms with Gasteiger partial charge in [-0.15, -0.1) is 22.7 Å². The number of hydrogen-bond acceptors (Lipinski definition) is 2. The lowest BCUT2D eigenvalue weighted by molar-refractivity contribution is 1.89. The van der Waals surface area contributed by atoms with Gasteiger partial charge >= 0.3 is 0 Å². The lowest BCUT2D eigenvalue weighted by atomic mass is 9.95. The second-order valence-corrected chi connectivity index (χ2v) is 7.54. The van der Waals surface area contributed by atoms with E-state index in [1.54, 1.807) is 0 Å². The van der Waals surface area contributed by atoms with E-state index in [0.29, 0.717) is 0 Å². The van der Waals surface area contributed by atoms with Crippen molar-refractivity contribution in [1.82, 2.24) is 0 Å². The minimum absolute atomic E-state index is 1.41. The van der Waals surface area contributed by atoms with Crippen molar-refractivity contribution in [2.75, 3.05) is 0 Å². The van der Waals surface area contributed by atoms with Gasteiger partial charge in [0.1, 0.15) is 0 Å². The highest BCUT2D eigenvalue weighted by molar-refractivity contribution is 7.28. The fourth-order valence-corrected chi connectivity index (χ4v) is 5.94. The van der Waals surface area contributed by atoms with Gasteiger partial charge in [0.15, 0.2) is 0 Å². The molecule has 0 fully saturated rings. The monoisotopic (exact) mass is 288 g/mol. The van der Waals surface area contributed by atoms with Gasteiger partial charge in [-0.1, -0.05) is 24.3 Å². The van der Waals surface area contributed by atoms with Crippen LogP contribution < -0.4 is 0 Å². The Morgan fingerprint density at radius 1 is 0.450 bits per heavy atom. The number of hydrogen-bond donors (Lipinski definition) is 0. The SMILES string of the molecule is c1cc2sc3ccc4sc5cccc6c(c1)c2c3c4c56. The Labute approximate surface area is 122 Å². The predicted octanol–water partition coefficient (Wildman–Crippen LogP) is 6.45. The minimum atomic E-state index is 1.41. The van der Waals surface area contributed by atoms with E-state index in [0.717, 1.165) is 0 Å². The molecule has 0 aliphatic rings. The van der Waals surface area contributed by atoms with Gasteiger partial charge in [-0.25, -0.2) is 0 Å². The van der Waals surface area contributed by atoms with Crippen LogP contribution in [0.2, 0.25) is 0 Å². The normalized spacial score (nSPS) is 13.0. The Bertz CT molecular complexity index is 1140. The molecule has 0 unspecified atom stereocenters. The van der Waals surface area contributed by atoms with Crippen molar-refractivity contribution in [3.63, 3.8) is 0 Å². The van der Waals surface area contributed by atoms with E-state index in [4.69, 9.17) is 0 Å². The maximum atomic E-state index is 2.30. The van der Waals surface area contributed by atoms with Crippen LogP contribution in [0.25, 0.3) is 51.1 Å². The van der Waals surface area contributed by atoms with Crippen LogP contribution >= 0.6 is 22.7 Å². The summed E-state index contributed by atoms with van der Waals surface area (Å²) < 4.78 is 5.68. The highest BCUT2D eigenvalue weighted by Gasteiger charge is 2.19. The summed E-state index contributed by atoms with van der Waals surface area (Å²) in [4.78, 5) is 0. The van der Waals surface area contributed by atoms with Crippen molar-refractivity contribution in [3.05, 3.63) is 48.5 Å². The molecule has 2 aromatic heterocycles. The third-order valence-corrected chi connectivity index (χ3v) is 6.65. The zero-order valence-electron chi connectivity index (χ0n) is 10.4. The molecule has 4 aromatic carbocycles. The van der Waals surface area contributed by atoms with Crippen LogP contribution in [0.15, 0.2) is 48.5 Å². The molecule has 0 aliphatic heterocycles. The predicted molar refractivity (Wildman–Crippen MR) is 92.1 cm³/mol. The summed E-state index contributed by atoms with van der Waals surface area (Å²) >= 11 is 3.85. The molecule has 0 N–H and O–H groups in total. The summed E-state index contributed by atoms with van der Waals surface area (Å²) in [6.07, 6.45) is 0. The molecule has 2 heteroatoms. The Balaban J connectivity index is 2.25. The fourth-order valence-electron chi connectivity index (χ4n) is 3.66. The average Bonchev–Trinajstić information content (AvgIpc) is 3.03. The van der Waals surface area contributed by atoms with E-state index in [2.05, 4.69) is 48.5 Å². The van der Waals surface area contributed by atoms with Crippen LogP contribution in [0.5, 0.6) is 0 Å². The van der Waals surface area contributed by atoms with Crippen LogP contribution in [0.3, 0.4) is 0 Å². The van der Waals surface area contributed by atoms with Gasteiger partial charge in [0.2, 0.25) is 0 Å². The van der Waals surface area contributed by atoms with Gasteiger partial charge in [-0.2, -0.15) is 0 Å². The van der Waals surface area contributed by atoms with Crippen LogP contribution in [-0.2, 0) is 0 Å². The van der Waals surface area contributed by atoms with Crippen LogP contribution in [-0.4, -0.2) is 0 Å². The molecule has 0 radical (unpaired) electrons. The van der Waals surface area contributed by atoms with Crippen LogP contribution in [0, 0.1) is 0 Å². The Morgan fingerprint density at radius 2 is 0.900 bits per heavy atom. The maximum absolute atomic E-state index is 2.30. The summed E-state index contributed by atoms with van der Waals surface area (Å²) in [7, 11) is 0. The molecule has 2 heterocycles. The van der Waals surface area contributed by atoms with E-state index < -0.39 is 0 Å². The third kappa shape index (κ3) is 0.922. The Kier molecular flexibility index (Phi) is 1.51. The van der Waals surface area contributed by atoms with E-state index in [-0.39, 0.29) is 0 Å². The van der Waals surface area contributed by atoms with Gasteiger partial charge in [-0.05, 0) is 35.0 Å². The first-order chi connectivity index (χ1) is 9.92. The molecule has 0 aliphatic carbocycles. The number of fused-ring (bicyclic) bond motifs is 1. The second-order valence-electron chi connectivity index (χ2n) is 5.37. The van der Waals surface area contributed by atoms with Crippen molar-refractivity contribution < 1.29 is 0 Å². The molecule has 6 aromatic rings. The quantitative estimate of drug-likeness (QED) is 0.282. The lowest BCUT2D eigenvalue weighted by Gasteiger charge is -2.07. The van der Waals surface area contributed by atoms with Gasteiger partial charge in [0.05, 0.1) is 0 Å². The van der Waals surface area contributed by atoms with Crippen molar-refractivity contribution in [2.24, 2.45) is 0 Å². The molecule has 0 spiro atoms. The first-order valence-electron chi connectivity index (χ1n) is 6.72. The van der Waals surface area contributed by atoms with Gasteiger partial charge in [-0.3, -0.25) is 0 Å². The Hall–Kier alpha value is -1.90. The van der Waals surface area contributed by atoms with Crippen molar-refractivity contribution in [3.8, 4) is 0 Å². The zero-order chi connectivity index (χ0) is 12.8. The molecule has 0 saturated carbocycles. The van der Waals surface area contributed by atoms with Crippen molar-refractivity contribution >= 4 is 73.8 Å². The van der Waals surface area contributed by atoms with E-state index in [1.807, 2.05) is 22.7 Å². The minimum Gasteiger partial charge on any atom is -0.135 e. The Morgan fingerprint density at radius 3 is 1.40 bits per heavy atom. The van der Waals surface area contributed by atoms with Crippen molar-refractivity contribution in [2.45, 2.75) is 0 Å². The summed E-state index contributed by atoms with van der Waals surface area (Å²) in [5.74, 6) is 0. The van der Waals surface area contributed by atoms with Gasteiger partial charge < -0.3 is 0 Å². The number of rotatable bonds is 0. The summed E-state index contributed by atoms with van der Waals surface area (Å²) in [5.41, 5.74) is 0. The summed E-state index contributed by atoms with van der Waals surface area (Å²) in [5, 5.41) is 8.75. The highest BCUT2D eigenvalue weighted by Crippen LogP contribution is 2.50. The molecule has 0 bridgehead atoms. The largest absolute Gasteiger partial charge is 0.135 e. The van der Waals surface area contributed by atoms with Gasteiger partial charge in [0, 0.05) is 40.3 Å². The number of thiophene rings is 2.